The van der Waals surface area contributed by atoms with Gasteiger partial charge in [-0.15, -0.1) is 0 Å². The van der Waals surface area contributed by atoms with Crippen LogP contribution in [-0.2, 0) is 10.0 Å². The SMILES string of the molecule is CC(NC1CCN(C)CC1C)c1cccc(S(N)(=O)=O)c1. The van der Waals surface area contributed by atoms with Crippen LogP contribution >= 0.6 is 0 Å². The van der Waals surface area contributed by atoms with Gasteiger partial charge < -0.3 is 10.2 Å². The second-order valence-corrected chi connectivity index (χ2v) is 7.70. The molecule has 3 unspecified atom stereocenters. The summed E-state index contributed by atoms with van der Waals surface area (Å²) in [5, 5.41) is 8.82. The van der Waals surface area contributed by atoms with Crippen LogP contribution < -0.4 is 10.5 Å². The molecule has 1 aromatic rings. The van der Waals surface area contributed by atoms with Crippen molar-refractivity contribution in [3.8, 4) is 0 Å². The Hall–Kier alpha value is -0.950. The number of sulfonamides is 1. The summed E-state index contributed by atoms with van der Waals surface area (Å²) in [6, 6.07) is 7.42. The van der Waals surface area contributed by atoms with E-state index in [1.807, 2.05) is 6.07 Å². The van der Waals surface area contributed by atoms with Crippen LogP contribution in [0.5, 0.6) is 0 Å². The lowest BCUT2D eigenvalue weighted by molar-refractivity contribution is 0.168. The molecule has 0 aliphatic carbocycles. The van der Waals surface area contributed by atoms with Gasteiger partial charge in [0.2, 0.25) is 10.0 Å². The van der Waals surface area contributed by atoms with Crippen LogP contribution in [0, 0.1) is 5.92 Å². The van der Waals surface area contributed by atoms with Crippen LogP contribution in [0.15, 0.2) is 29.2 Å². The van der Waals surface area contributed by atoms with E-state index in [0.717, 1.165) is 25.1 Å². The largest absolute Gasteiger partial charge is 0.307 e. The van der Waals surface area contributed by atoms with Crippen molar-refractivity contribution >= 4 is 10.0 Å². The fourth-order valence-corrected chi connectivity index (χ4v) is 3.55. The molecule has 1 saturated heterocycles. The van der Waals surface area contributed by atoms with Crippen molar-refractivity contribution < 1.29 is 8.42 Å². The van der Waals surface area contributed by atoms with Gasteiger partial charge in [0.05, 0.1) is 4.90 Å². The Labute approximate surface area is 127 Å². The van der Waals surface area contributed by atoms with Crippen molar-refractivity contribution in [2.45, 2.75) is 37.2 Å². The molecule has 0 saturated carbocycles. The summed E-state index contributed by atoms with van der Waals surface area (Å²) in [4.78, 5) is 2.51. The van der Waals surface area contributed by atoms with E-state index < -0.39 is 10.0 Å². The van der Waals surface area contributed by atoms with Crippen LogP contribution in [0.3, 0.4) is 0 Å². The van der Waals surface area contributed by atoms with E-state index in [2.05, 4.69) is 31.1 Å². The lowest BCUT2D eigenvalue weighted by Gasteiger charge is -2.37. The van der Waals surface area contributed by atoms with Crippen LogP contribution in [-0.4, -0.2) is 39.5 Å². The summed E-state index contributed by atoms with van der Waals surface area (Å²) in [6.07, 6.45) is 1.11. The summed E-state index contributed by atoms with van der Waals surface area (Å²) >= 11 is 0. The Balaban J connectivity index is 2.08. The molecule has 3 atom stereocenters. The summed E-state index contributed by atoms with van der Waals surface area (Å²) in [6.45, 7) is 6.49. The average molecular weight is 311 g/mol. The number of rotatable bonds is 4. The zero-order valence-electron chi connectivity index (χ0n) is 12.9. The maximum atomic E-state index is 11.4. The number of hydrogen-bond donors (Lipinski definition) is 2. The average Bonchev–Trinajstić information content (AvgIpc) is 2.41. The van der Waals surface area contributed by atoms with E-state index in [1.165, 1.54) is 6.07 Å². The molecule has 1 aromatic carbocycles. The first-order valence-electron chi connectivity index (χ1n) is 7.34. The van der Waals surface area contributed by atoms with Gasteiger partial charge in [-0.05, 0) is 50.6 Å². The van der Waals surface area contributed by atoms with E-state index >= 15 is 0 Å². The zero-order chi connectivity index (χ0) is 15.6. The van der Waals surface area contributed by atoms with Crippen molar-refractivity contribution in [2.75, 3.05) is 20.1 Å². The molecule has 21 heavy (non-hydrogen) atoms. The monoisotopic (exact) mass is 311 g/mol. The van der Waals surface area contributed by atoms with Crippen LogP contribution in [0.1, 0.15) is 31.9 Å². The third-order valence-corrected chi connectivity index (χ3v) is 5.17. The van der Waals surface area contributed by atoms with Crippen LogP contribution in [0.4, 0.5) is 0 Å². The van der Waals surface area contributed by atoms with Crippen molar-refractivity contribution in [1.82, 2.24) is 10.2 Å². The molecule has 1 aliphatic rings. The fourth-order valence-electron chi connectivity index (χ4n) is 2.98. The van der Waals surface area contributed by atoms with E-state index in [4.69, 9.17) is 5.14 Å². The van der Waals surface area contributed by atoms with Crippen molar-refractivity contribution in [3.05, 3.63) is 29.8 Å². The molecule has 118 valence electrons. The number of primary sulfonamides is 1. The first-order valence-corrected chi connectivity index (χ1v) is 8.89. The van der Waals surface area contributed by atoms with E-state index in [-0.39, 0.29) is 10.9 Å². The smallest absolute Gasteiger partial charge is 0.238 e. The molecule has 0 amide bonds. The van der Waals surface area contributed by atoms with Gasteiger partial charge >= 0.3 is 0 Å². The minimum Gasteiger partial charge on any atom is -0.307 e. The number of likely N-dealkylation sites (tertiary alicyclic amines) is 1. The van der Waals surface area contributed by atoms with Gasteiger partial charge in [-0.3, -0.25) is 0 Å². The quantitative estimate of drug-likeness (QED) is 0.879. The summed E-state index contributed by atoms with van der Waals surface area (Å²) in [7, 11) is -1.50. The number of piperidine rings is 1. The zero-order valence-corrected chi connectivity index (χ0v) is 13.7. The van der Waals surface area contributed by atoms with E-state index in [9.17, 15) is 8.42 Å². The van der Waals surface area contributed by atoms with Gasteiger partial charge in [-0.2, -0.15) is 0 Å². The summed E-state index contributed by atoms with van der Waals surface area (Å²) in [5.41, 5.74) is 0.952. The number of nitrogens with zero attached hydrogens (tertiary/aromatic N) is 1. The Morgan fingerprint density at radius 1 is 1.43 bits per heavy atom. The van der Waals surface area contributed by atoms with Gasteiger partial charge in [-0.25, -0.2) is 13.6 Å². The molecular formula is C15H25N3O2S. The Morgan fingerprint density at radius 3 is 2.76 bits per heavy atom. The predicted octanol–water partition coefficient (Wildman–Crippen LogP) is 1.32. The highest BCUT2D eigenvalue weighted by Crippen LogP contribution is 2.22. The maximum Gasteiger partial charge on any atom is 0.238 e. The topological polar surface area (TPSA) is 75.4 Å². The molecule has 1 aliphatic heterocycles. The highest BCUT2D eigenvalue weighted by molar-refractivity contribution is 7.89. The number of benzene rings is 1. The molecule has 6 heteroatoms. The normalized spacial score (nSPS) is 25.7. The fraction of sp³-hybridized carbons (Fsp3) is 0.600. The maximum absolute atomic E-state index is 11.4. The number of nitrogens with two attached hydrogens (primary N) is 1. The minimum atomic E-state index is -3.64. The first kappa shape index (κ1) is 16.4. The standard InChI is InChI=1S/C15H25N3O2S/c1-11-10-18(3)8-7-15(11)17-12(2)13-5-4-6-14(9-13)21(16,19)20/h4-6,9,11-12,15,17H,7-8,10H2,1-3H3,(H2,16,19,20). The van der Waals surface area contributed by atoms with Crippen molar-refractivity contribution in [1.29, 1.82) is 0 Å². The molecule has 0 bridgehead atoms. The summed E-state index contributed by atoms with van der Waals surface area (Å²) in [5.74, 6) is 0.577. The molecule has 5 nitrogen and oxygen atoms in total. The second-order valence-electron chi connectivity index (χ2n) is 6.14. The molecule has 0 spiro atoms. The molecule has 3 N–H and O–H groups in total. The first-order chi connectivity index (χ1) is 9.77. The van der Waals surface area contributed by atoms with Gasteiger partial charge in [-0.1, -0.05) is 19.1 Å². The minimum absolute atomic E-state index is 0.0996. The van der Waals surface area contributed by atoms with Crippen LogP contribution in [0.2, 0.25) is 0 Å². The number of hydrogen-bond acceptors (Lipinski definition) is 4. The predicted molar refractivity (Wildman–Crippen MR) is 84.4 cm³/mol. The Morgan fingerprint density at radius 2 is 2.14 bits per heavy atom. The third kappa shape index (κ3) is 4.26. The van der Waals surface area contributed by atoms with Crippen LogP contribution in [0.25, 0.3) is 0 Å². The van der Waals surface area contributed by atoms with Gasteiger partial charge in [0.25, 0.3) is 0 Å². The lowest BCUT2D eigenvalue weighted by atomic mass is 9.93. The molecular weight excluding hydrogens is 286 g/mol. The third-order valence-electron chi connectivity index (χ3n) is 4.26. The van der Waals surface area contributed by atoms with Crippen molar-refractivity contribution in [3.63, 3.8) is 0 Å². The van der Waals surface area contributed by atoms with Gasteiger partial charge in [0, 0.05) is 18.6 Å². The summed E-state index contributed by atoms with van der Waals surface area (Å²) < 4.78 is 22.9. The number of nitrogens with one attached hydrogen (secondary N) is 1. The lowest BCUT2D eigenvalue weighted by Crippen LogP contribution is -2.47. The molecule has 1 heterocycles. The van der Waals surface area contributed by atoms with Crippen molar-refractivity contribution in [2.24, 2.45) is 11.1 Å². The Kier molecular flexibility index (Phi) is 5.03. The van der Waals surface area contributed by atoms with E-state index in [0.29, 0.717) is 12.0 Å². The highest BCUT2D eigenvalue weighted by atomic mass is 32.2. The molecule has 2 rings (SSSR count). The second kappa shape index (κ2) is 6.44. The molecule has 1 fully saturated rings. The highest BCUT2D eigenvalue weighted by Gasteiger charge is 2.25. The Bertz CT molecular complexity index is 588. The molecule has 0 radical (unpaired) electrons. The van der Waals surface area contributed by atoms with Gasteiger partial charge in [0.1, 0.15) is 0 Å². The van der Waals surface area contributed by atoms with Gasteiger partial charge in [0.15, 0.2) is 0 Å². The molecule has 0 aromatic heterocycles. The van der Waals surface area contributed by atoms with E-state index in [1.54, 1.807) is 12.1 Å².